The summed E-state index contributed by atoms with van der Waals surface area (Å²) in [6.45, 7) is 6.86. The summed E-state index contributed by atoms with van der Waals surface area (Å²) in [4.78, 5) is 13.1. The lowest BCUT2D eigenvalue weighted by atomic mass is 10.1. The topological polar surface area (TPSA) is 49.8 Å². The van der Waals surface area contributed by atoms with E-state index in [9.17, 15) is 9.90 Å². The van der Waals surface area contributed by atoms with E-state index in [4.69, 9.17) is 4.74 Å². The summed E-state index contributed by atoms with van der Waals surface area (Å²) >= 11 is 0. The van der Waals surface area contributed by atoms with Gasteiger partial charge in [0.15, 0.2) is 0 Å². The zero-order chi connectivity index (χ0) is 31.3. The summed E-state index contributed by atoms with van der Waals surface area (Å²) in [5, 5.41) is 9.50. The van der Waals surface area contributed by atoms with Crippen molar-refractivity contribution in [1.82, 2.24) is 4.90 Å². The van der Waals surface area contributed by atoms with Crippen LogP contribution in [-0.4, -0.2) is 42.4 Å². The SMILES string of the molecule is CCCCCC=CCC=CCCCCCCCCOCCN(CCCCCCCCC=CCC=CCCCCC)C(=O)O. The van der Waals surface area contributed by atoms with E-state index >= 15 is 0 Å². The molecule has 0 radical (unpaired) electrons. The molecule has 0 aromatic carbocycles. The lowest BCUT2D eigenvalue weighted by Crippen LogP contribution is -2.33. The summed E-state index contributed by atoms with van der Waals surface area (Å²) in [5.41, 5.74) is 0. The quantitative estimate of drug-likeness (QED) is 0.0601. The van der Waals surface area contributed by atoms with E-state index in [1.54, 1.807) is 0 Å². The van der Waals surface area contributed by atoms with Crippen LogP contribution in [0.1, 0.15) is 168 Å². The van der Waals surface area contributed by atoms with Gasteiger partial charge < -0.3 is 14.7 Å². The third-order valence-corrected chi connectivity index (χ3v) is 7.89. The second-order valence-corrected chi connectivity index (χ2v) is 12.1. The van der Waals surface area contributed by atoms with Gasteiger partial charge in [-0.25, -0.2) is 4.79 Å². The smallest absolute Gasteiger partial charge is 0.407 e. The molecule has 0 spiro atoms. The van der Waals surface area contributed by atoms with Crippen LogP contribution in [0.5, 0.6) is 0 Å². The third kappa shape index (κ3) is 34.5. The highest BCUT2D eigenvalue weighted by Crippen LogP contribution is 2.10. The summed E-state index contributed by atoms with van der Waals surface area (Å²) in [7, 11) is 0. The lowest BCUT2D eigenvalue weighted by Gasteiger charge is -2.19. The second-order valence-electron chi connectivity index (χ2n) is 12.1. The molecule has 0 bridgehead atoms. The first kappa shape index (κ1) is 41.2. The summed E-state index contributed by atoms with van der Waals surface area (Å²) in [6, 6.07) is 0. The molecule has 43 heavy (non-hydrogen) atoms. The molecular formula is C39H71NO3. The van der Waals surface area contributed by atoms with Crippen molar-refractivity contribution in [2.45, 2.75) is 168 Å². The molecule has 4 heteroatoms. The van der Waals surface area contributed by atoms with Crippen molar-refractivity contribution < 1.29 is 14.6 Å². The van der Waals surface area contributed by atoms with E-state index in [0.29, 0.717) is 19.7 Å². The summed E-state index contributed by atoms with van der Waals surface area (Å²) in [6.07, 6.45) is 47.0. The second kappa shape index (κ2) is 36.4. The number of amides is 1. The standard InChI is InChI=1S/C39H71NO3/c1-3-5-7-9-11-13-15-17-19-21-23-25-27-29-31-33-35-40(39(41)42)36-38-43-37-34-32-30-28-26-24-22-20-18-16-14-12-10-8-6-4-2/h11-14,17-20H,3-10,15-16,21-38H2,1-2H3,(H,41,42). The lowest BCUT2D eigenvalue weighted by molar-refractivity contribution is 0.0915. The normalized spacial score (nSPS) is 12.1. The minimum Gasteiger partial charge on any atom is -0.465 e. The number of rotatable bonds is 33. The highest BCUT2D eigenvalue weighted by Gasteiger charge is 2.10. The highest BCUT2D eigenvalue weighted by atomic mass is 16.5. The Balaban J connectivity index is 3.49. The fraction of sp³-hybridized carbons (Fsp3) is 0.769. The molecule has 0 saturated carbocycles. The molecule has 0 aliphatic carbocycles. The molecule has 250 valence electrons. The van der Waals surface area contributed by atoms with Crippen LogP contribution in [-0.2, 0) is 4.74 Å². The Kier molecular flexibility index (Phi) is 34.9. The van der Waals surface area contributed by atoms with Crippen molar-refractivity contribution in [3.63, 3.8) is 0 Å². The number of ether oxygens (including phenoxy) is 1. The molecule has 0 saturated heterocycles. The van der Waals surface area contributed by atoms with Gasteiger partial charge in [-0.2, -0.15) is 0 Å². The predicted octanol–water partition coefficient (Wildman–Crippen LogP) is 12.6. The van der Waals surface area contributed by atoms with E-state index in [2.05, 4.69) is 62.5 Å². The van der Waals surface area contributed by atoms with E-state index in [-0.39, 0.29) is 0 Å². The van der Waals surface area contributed by atoms with Crippen molar-refractivity contribution >= 4 is 6.09 Å². The zero-order valence-corrected chi connectivity index (χ0v) is 28.6. The molecule has 0 aromatic rings. The fourth-order valence-corrected chi connectivity index (χ4v) is 5.06. The minimum atomic E-state index is -0.820. The van der Waals surface area contributed by atoms with Crippen molar-refractivity contribution in [1.29, 1.82) is 0 Å². The van der Waals surface area contributed by atoms with Gasteiger partial charge in [0, 0.05) is 19.7 Å². The molecule has 0 fully saturated rings. The van der Waals surface area contributed by atoms with Gasteiger partial charge in [0.25, 0.3) is 0 Å². The maximum Gasteiger partial charge on any atom is 0.407 e. The third-order valence-electron chi connectivity index (χ3n) is 7.89. The van der Waals surface area contributed by atoms with Gasteiger partial charge in [0.05, 0.1) is 6.61 Å². The minimum absolute atomic E-state index is 0.484. The summed E-state index contributed by atoms with van der Waals surface area (Å²) in [5.74, 6) is 0. The van der Waals surface area contributed by atoms with E-state index in [1.165, 1.54) is 127 Å². The summed E-state index contributed by atoms with van der Waals surface area (Å²) < 4.78 is 5.74. The van der Waals surface area contributed by atoms with Crippen LogP contribution in [0.15, 0.2) is 48.6 Å². The number of unbranched alkanes of at least 4 members (excludes halogenated alkanes) is 18. The van der Waals surface area contributed by atoms with Crippen LogP contribution in [0, 0.1) is 0 Å². The number of hydrogen-bond acceptors (Lipinski definition) is 2. The van der Waals surface area contributed by atoms with Gasteiger partial charge >= 0.3 is 6.09 Å². The maximum absolute atomic E-state index is 11.6. The van der Waals surface area contributed by atoms with Crippen LogP contribution in [0.2, 0.25) is 0 Å². The first-order valence-corrected chi connectivity index (χ1v) is 18.4. The van der Waals surface area contributed by atoms with Crippen molar-refractivity contribution in [3.05, 3.63) is 48.6 Å². The molecule has 0 aromatic heterocycles. The van der Waals surface area contributed by atoms with Crippen molar-refractivity contribution in [2.75, 3.05) is 26.3 Å². The molecule has 0 heterocycles. The number of carbonyl (C=O) groups is 1. The van der Waals surface area contributed by atoms with Crippen LogP contribution in [0.25, 0.3) is 0 Å². The van der Waals surface area contributed by atoms with Gasteiger partial charge in [0.2, 0.25) is 0 Å². The van der Waals surface area contributed by atoms with Crippen LogP contribution in [0.3, 0.4) is 0 Å². The van der Waals surface area contributed by atoms with Gasteiger partial charge in [-0.1, -0.05) is 140 Å². The van der Waals surface area contributed by atoms with Crippen LogP contribution in [0.4, 0.5) is 4.79 Å². The van der Waals surface area contributed by atoms with Gasteiger partial charge in [-0.3, -0.25) is 0 Å². The molecule has 0 aliphatic heterocycles. The van der Waals surface area contributed by atoms with Crippen molar-refractivity contribution in [2.24, 2.45) is 0 Å². The molecule has 0 aliphatic rings. The first-order valence-electron chi connectivity index (χ1n) is 18.4. The van der Waals surface area contributed by atoms with E-state index < -0.39 is 6.09 Å². The number of hydrogen-bond donors (Lipinski definition) is 1. The number of carboxylic acid groups (broad SMARTS) is 1. The maximum atomic E-state index is 11.6. The highest BCUT2D eigenvalue weighted by molar-refractivity contribution is 5.64. The Morgan fingerprint density at radius 1 is 0.488 bits per heavy atom. The monoisotopic (exact) mass is 602 g/mol. The average molecular weight is 602 g/mol. The Bertz CT molecular complexity index is 682. The van der Waals surface area contributed by atoms with Gasteiger partial charge in [-0.15, -0.1) is 0 Å². The fourth-order valence-electron chi connectivity index (χ4n) is 5.06. The molecule has 0 unspecified atom stereocenters. The molecule has 0 rings (SSSR count). The predicted molar refractivity (Wildman–Crippen MR) is 189 cm³/mol. The van der Waals surface area contributed by atoms with E-state index in [0.717, 1.165) is 38.7 Å². The van der Waals surface area contributed by atoms with Gasteiger partial charge in [0.1, 0.15) is 0 Å². The molecule has 0 atom stereocenters. The Labute approximate surface area is 268 Å². The van der Waals surface area contributed by atoms with Crippen LogP contribution >= 0.6 is 0 Å². The first-order chi connectivity index (χ1) is 21.2. The zero-order valence-electron chi connectivity index (χ0n) is 28.6. The van der Waals surface area contributed by atoms with Crippen LogP contribution < -0.4 is 0 Å². The Morgan fingerprint density at radius 3 is 1.33 bits per heavy atom. The van der Waals surface area contributed by atoms with Gasteiger partial charge in [-0.05, 0) is 77.0 Å². The number of nitrogens with zero attached hydrogens (tertiary/aromatic N) is 1. The number of allylic oxidation sites excluding steroid dienone is 8. The Morgan fingerprint density at radius 2 is 0.884 bits per heavy atom. The molecule has 1 N–H and O–H groups in total. The Hall–Kier alpha value is -1.81. The molecule has 4 nitrogen and oxygen atoms in total. The van der Waals surface area contributed by atoms with Crippen molar-refractivity contribution in [3.8, 4) is 0 Å². The largest absolute Gasteiger partial charge is 0.465 e. The molecular weight excluding hydrogens is 530 g/mol. The van der Waals surface area contributed by atoms with E-state index in [1.807, 2.05) is 0 Å². The average Bonchev–Trinajstić information content (AvgIpc) is 3.00. The molecule has 1 amide bonds.